The van der Waals surface area contributed by atoms with Crippen molar-refractivity contribution in [2.45, 2.75) is 42.4 Å². The number of aromatic nitrogens is 3. The summed E-state index contributed by atoms with van der Waals surface area (Å²) in [4.78, 5) is 4.71. The van der Waals surface area contributed by atoms with Gasteiger partial charge in [-0.2, -0.15) is 9.61 Å². The predicted molar refractivity (Wildman–Crippen MR) is 97.7 cm³/mol. The van der Waals surface area contributed by atoms with Crippen LogP contribution in [0.25, 0.3) is 16.9 Å². The first-order chi connectivity index (χ1) is 11.8. The maximum atomic E-state index is 5.63. The van der Waals surface area contributed by atoms with Gasteiger partial charge in [-0.3, -0.25) is 0 Å². The van der Waals surface area contributed by atoms with E-state index in [1.807, 2.05) is 52.7 Å². The van der Waals surface area contributed by atoms with Crippen LogP contribution in [0.5, 0.6) is 5.88 Å². The van der Waals surface area contributed by atoms with E-state index >= 15 is 0 Å². The molecular formula is C19H21N3OS. The Bertz CT molecular complexity index is 825. The fourth-order valence-corrected chi connectivity index (χ4v) is 4.47. The van der Waals surface area contributed by atoms with Gasteiger partial charge in [0.25, 0.3) is 0 Å². The van der Waals surface area contributed by atoms with E-state index in [1.165, 1.54) is 32.1 Å². The van der Waals surface area contributed by atoms with Gasteiger partial charge in [0, 0.05) is 10.8 Å². The zero-order chi connectivity index (χ0) is 16.4. The van der Waals surface area contributed by atoms with Gasteiger partial charge < -0.3 is 4.74 Å². The predicted octanol–water partition coefficient (Wildman–Crippen LogP) is 4.83. The first-order valence-corrected chi connectivity index (χ1v) is 9.39. The molecule has 0 saturated heterocycles. The highest BCUT2D eigenvalue weighted by atomic mass is 32.2. The molecule has 0 bridgehead atoms. The number of benzene rings is 1. The third-order valence-electron chi connectivity index (χ3n) is 4.49. The number of methoxy groups -OCH3 is 1. The van der Waals surface area contributed by atoms with Crippen molar-refractivity contribution in [3.05, 3.63) is 42.5 Å². The summed E-state index contributed by atoms with van der Waals surface area (Å²) in [5, 5.41) is 6.51. The molecule has 0 unspecified atom stereocenters. The van der Waals surface area contributed by atoms with Crippen molar-refractivity contribution in [2.75, 3.05) is 7.11 Å². The molecule has 0 radical (unpaired) electrons. The maximum absolute atomic E-state index is 5.63. The Morgan fingerprint density at radius 2 is 1.83 bits per heavy atom. The van der Waals surface area contributed by atoms with Gasteiger partial charge in [-0.1, -0.05) is 49.6 Å². The van der Waals surface area contributed by atoms with Crippen molar-refractivity contribution in [3.8, 4) is 17.1 Å². The van der Waals surface area contributed by atoms with Gasteiger partial charge >= 0.3 is 0 Å². The molecule has 0 atom stereocenters. The molecule has 124 valence electrons. The van der Waals surface area contributed by atoms with E-state index in [4.69, 9.17) is 14.8 Å². The molecule has 1 aromatic carbocycles. The summed E-state index contributed by atoms with van der Waals surface area (Å²) < 4.78 is 7.45. The van der Waals surface area contributed by atoms with Crippen LogP contribution < -0.4 is 4.74 Å². The lowest BCUT2D eigenvalue weighted by molar-refractivity contribution is 0.387. The number of nitrogens with zero attached hydrogens (tertiary/aromatic N) is 3. The first kappa shape index (κ1) is 15.5. The Morgan fingerprint density at radius 3 is 2.58 bits per heavy atom. The molecule has 3 aromatic rings. The summed E-state index contributed by atoms with van der Waals surface area (Å²) in [5.41, 5.74) is 2.70. The van der Waals surface area contributed by atoms with Crippen molar-refractivity contribution in [1.82, 2.24) is 14.6 Å². The van der Waals surface area contributed by atoms with E-state index < -0.39 is 0 Å². The normalized spacial score (nSPS) is 15.7. The molecule has 1 aliphatic rings. The molecule has 0 spiro atoms. The average Bonchev–Trinajstić information content (AvgIpc) is 3.01. The standard InChI is InChI=1S/C19H21N3OS/c1-23-19-18(14-8-4-2-5-9-14)20-16-12-13-17(21-22(16)19)24-15-10-6-3-7-11-15/h2,4-5,8-9,12-13,15H,3,6-7,10-11H2,1H3. The lowest BCUT2D eigenvalue weighted by Gasteiger charge is -2.20. The monoisotopic (exact) mass is 339 g/mol. The second-order valence-electron chi connectivity index (χ2n) is 6.16. The van der Waals surface area contributed by atoms with Crippen LogP contribution in [0.1, 0.15) is 32.1 Å². The minimum atomic E-state index is 0.687. The van der Waals surface area contributed by atoms with E-state index in [0.717, 1.165) is 21.9 Å². The summed E-state index contributed by atoms with van der Waals surface area (Å²) >= 11 is 1.89. The second-order valence-corrected chi connectivity index (χ2v) is 7.48. The highest BCUT2D eigenvalue weighted by molar-refractivity contribution is 7.99. The molecule has 1 fully saturated rings. The van der Waals surface area contributed by atoms with E-state index in [-0.39, 0.29) is 0 Å². The summed E-state index contributed by atoms with van der Waals surface area (Å²) in [6.07, 6.45) is 6.64. The molecule has 24 heavy (non-hydrogen) atoms. The Hall–Kier alpha value is -2.01. The van der Waals surface area contributed by atoms with Crippen LogP contribution in [0.15, 0.2) is 47.5 Å². The largest absolute Gasteiger partial charge is 0.479 e. The topological polar surface area (TPSA) is 39.4 Å². The number of ether oxygens (including phenoxy) is 1. The molecular weight excluding hydrogens is 318 g/mol. The van der Waals surface area contributed by atoms with Crippen LogP contribution in [0.2, 0.25) is 0 Å². The van der Waals surface area contributed by atoms with Gasteiger partial charge in [0.2, 0.25) is 5.88 Å². The zero-order valence-corrected chi connectivity index (χ0v) is 14.6. The van der Waals surface area contributed by atoms with Crippen molar-refractivity contribution in [2.24, 2.45) is 0 Å². The Labute approximate surface area is 146 Å². The number of fused-ring (bicyclic) bond motifs is 1. The minimum Gasteiger partial charge on any atom is -0.479 e. The third kappa shape index (κ3) is 3.00. The molecule has 1 saturated carbocycles. The fraction of sp³-hybridized carbons (Fsp3) is 0.368. The molecule has 5 heteroatoms. The van der Waals surface area contributed by atoms with E-state index in [2.05, 4.69) is 6.07 Å². The van der Waals surface area contributed by atoms with Gasteiger partial charge in [0.15, 0.2) is 5.65 Å². The number of thioether (sulfide) groups is 1. The van der Waals surface area contributed by atoms with Crippen molar-refractivity contribution < 1.29 is 4.74 Å². The van der Waals surface area contributed by atoms with Crippen LogP contribution >= 0.6 is 11.8 Å². The third-order valence-corrected chi connectivity index (χ3v) is 5.76. The van der Waals surface area contributed by atoms with E-state index in [1.54, 1.807) is 7.11 Å². The van der Waals surface area contributed by atoms with Gasteiger partial charge in [0.05, 0.1) is 7.11 Å². The van der Waals surface area contributed by atoms with Crippen LogP contribution in [0, 0.1) is 0 Å². The molecule has 2 heterocycles. The lowest BCUT2D eigenvalue weighted by atomic mass is 10.0. The van der Waals surface area contributed by atoms with Crippen LogP contribution in [0.3, 0.4) is 0 Å². The summed E-state index contributed by atoms with van der Waals surface area (Å²) in [7, 11) is 1.68. The molecule has 4 rings (SSSR count). The first-order valence-electron chi connectivity index (χ1n) is 8.51. The number of hydrogen-bond acceptors (Lipinski definition) is 4. The highest BCUT2D eigenvalue weighted by Crippen LogP contribution is 2.34. The van der Waals surface area contributed by atoms with Crippen molar-refractivity contribution in [3.63, 3.8) is 0 Å². The molecule has 2 aromatic heterocycles. The van der Waals surface area contributed by atoms with E-state index in [0.29, 0.717) is 11.1 Å². The lowest BCUT2D eigenvalue weighted by Crippen LogP contribution is -2.08. The number of imidazole rings is 1. The summed E-state index contributed by atoms with van der Waals surface area (Å²) in [5.74, 6) is 0.697. The molecule has 4 nitrogen and oxygen atoms in total. The maximum Gasteiger partial charge on any atom is 0.243 e. The molecule has 0 N–H and O–H groups in total. The average molecular weight is 339 g/mol. The van der Waals surface area contributed by atoms with Gasteiger partial charge in [0.1, 0.15) is 10.7 Å². The number of rotatable bonds is 4. The smallest absolute Gasteiger partial charge is 0.243 e. The van der Waals surface area contributed by atoms with Crippen LogP contribution in [-0.2, 0) is 0 Å². The van der Waals surface area contributed by atoms with Crippen LogP contribution in [0.4, 0.5) is 0 Å². The Kier molecular flexibility index (Phi) is 4.43. The van der Waals surface area contributed by atoms with Gasteiger partial charge in [-0.05, 0) is 25.0 Å². The minimum absolute atomic E-state index is 0.687. The van der Waals surface area contributed by atoms with E-state index in [9.17, 15) is 0 Å². The van der Waals surface area contributed by atoms with Crippen molar-refractivity contribution in [1.29, 1.82) is 0 Å². The second kappa shape index (κ2) is 6.85. The zero-order valence-electron chi connectivity index (χ0n) is 13.8. The molecule has 1 aliphatic carbocycles. The van der Waals surface area contributed by atoms with Gasteiger partial charge in [-0.15, -0.1) is 11.8 Å². The van der Waals surface area contributed by atoms with Crippen molar-refractivity contribution >= 4 is 17.4 Å². The van der Waals surface area contributed by atoms with Crippen LogP contribution in [-0.4, -0.2) is 27.0 Å². The summed E-state index contributed by atoms with van der Waals surface area (Å²) in [6, 6.07) is 14.2. The Morgan fingerprint density at radius 1 is 1.04 bits per heavy atom. The SMILES string of the molecule is COc1c(-c2ccccc2)nc2ccc(SC3CCCCC3)nn12. The number of hydrogen-bond donors (Lipinski definition) is 0. The fourth-order valence-electron chi connectivity index (χ4n) is 3.28. The summed E-state index contributed by atoms with van der Waals surface area (Å²) in [6.45, 7) is 0. The highest BCUT2D eigenvalue weighted by Gasteiger charge is 2.18. The molecule has 0 amide bonds. The Balaban J connectivity index is 1.70. The molecule has 0 aliphatic heterocycles. The van der Waals surface area contributed by atoms with Gasteiger partial charge in [-0.25, -0.2) is 4.98 Å². The quantitative estimate of drug-likeness (QED) is 0.682.